The number of nitrogens with zero attached hydrogens (tertiary/aromatic N) is 3. The Kier molecular flexibility index (Phi) is 10.1. The Morgan fingerprint density at radius 1 is 1.23 bits per heavy atom. The van der Waals surface area contributed by atoms with Crippen LogP contribution in [-0.2, 0) is 17.8 Å². The number of halogens is 1. The summed E-state index contributed by atoms with van der Waals surface area (Å²) in [4.78, 5) is 8.72. The van der Waals surface area contributed by atoms with E-state index in [4.69, 9.17) is 4.74 Å². The molecule has 0 unspecified atom stereocenters. The number of nitrogens with one attached hydrogen (secondary N) is 2. The van der Waals surface area contributed by atoms with Gasteiger partial charge in [0.2, 0.25) is 0 Å². The zero-order valence-corrected chi connectivity index (χ0v) is 20.8. The van der Waals surface area contributed by atoms with Gasteiger partial charge in [0.05, 0.1) is 0 Å². The van der Waals surface area contributed by atoms with Crippen molar-refractivity contribution in [3.8, 4) is 0 Å². The first-order chi connectivity index (χ1) is 14.1. The van der Waals surface area contributed by atoms with E-state index in [1.165, 1.54) is 36.8 Å². The van der Waals surface area contributed by atoms with Gasteiger partial charge in [-0.25, -0.2) is 4.98 Å². The van der Waals surface area contributed by atoms with Crippen molar-refractivity contribution in [2.24, 2.45) is 10.4 Å². The van der Waals surface area contributed by atoms with Crippen LogP contribution >= 0.6 is 24.0 Å². The van der Waals surface area contributed by atoms with Gasteiger partial charge >= 0.3 is 0 Å². The largest absolute Gasteiger partial charge is 0.385 e. The molecule has 6 nitrogen and oxygen atoms in total. The zero-order chi connectivity index (χ0) is 20.5. The maximum absolute atomic E-state index is 5.34. The summed E-state index contributed by atoms with van der Waals surface area (Å²) in [6.45, 7) is 5.41. The molecule has 1 heterocycles. The Balaban J connectivity index is 0.00000320. The molecule has 0 bridgehead atoms. The van der Waals surface area contributed by atoms with E-state index >= 15 is 0 Å². The van der Waals surface area contributed by atoms with Crippen molar-refractivity contribution in [1.29, 1.82) is 0 Å². The predicted molar refractivity (Wildman–Crippen MR) is 134 cm³/mol. The molecule has 1 aromatic heterocycles. The van der Waals surface area contributed by atoms with E-state index in [1.54, 1.807) is 7.11 Å². The molecule has 3 rings (SSSR count). The van der Waals surface area contributed by atoms with Gasteiger partial charge in [-0.3, -0.25) is 4.99 Å². The standard InChI is InChI=1S/C23H35N5O.HI/c1-19-25-12-13-28(19)17-21-8-6-7-20(15-21)16-26-22(24-2)27-18-23(11-14-29-3)9-4-5-10-23;/h6-8,12-13,15H,4-5,9-11,14,16-18H2,1-3H3,(H2,24,26,27);1H. The summed E-state index contributed by atoms with van der Waals surface area (Å²) in [7, 11) is 3.63. The summed E-state index contributed by atoms with van der Waals surface area (Å²) in [5.74, 6) is 1.90. The van der Waals surface area contributed by atoms with Crippen molar-refractivity contribution in [2.75, 3.05) is 27.3 Å². The van der Waals surface area contributed by atoms with Gasteiger partial charge in [-0.05, 0) is 42.7 Å². The summed E-state index contributed by atoms with van der Waals surface area (Å²) >= 11 is 0. The van der Waals surface area contributed by atoms with Crippen LogP contribution in [0.5, 0.6) is 0 Å². The second-order valence-electron chi connectivity index (χ2n) is 8.15. The molecule has 0 radical (unpaired) electrons. The van der Waals surface area contributed by atoms with Crippen LogP contribution in [-0.4, -0.2) is 42.8 Å². The van der Waals surface area contributed by atoms with Gasteiger partial charge in [-0.1, -0.05) is 37.1 Å². The molecule has 2 N–H and O–H groups in total. The van der Waals surface area contributed by atoms with Gasteiger partial charge < -0.3 is 19.9 Å². The van der Waals surface area contributed by atoms with Gasteiger partial charge in [0.1, 0.15) is 5.82 Å². The molecule has 1 fully saturated rings. The molecule has 30 heavy (non-hydrogen) atoms. The van der Waals surface area contributed by atoms with E-state index in [1.807, 2.05) is 26.4 Å². The Morgan fingerprint density at radius 3 is 2.67 bits per heavy atom. The lowest BCUT2D eigenvalue weighted by Crippen LogP contribution is -2.43. The maximum Gasteiger partial charge on any atom is 0.191 e. The summed E-state index contributed by atoms with van der Waals surface area (Å²) in [5, 5.41) is 7.03. The van der Waals surface area contributed by atoms with Crippen LogP contribution in [0.3, 0.4) is 0 Å². The Hall–Kier alpha value is -1.61. The quantitative estimate of drug-likeness (QED) is 0.294. The van der Waals surface area contributed by atoms with E-state index in [-0.39, 0.29) is 24.0 Å². The fraction of sp³-hybridized carbons (Fsp3) is 0.565. The van der Waals surface area contributed by atoms with Crippen molar-refractivity contribution in [3.63, 3.8) is 0 Å². The molecule has 1 saturated carbocycles. The van der Waals surface area contributed by atoms with Crippen molar-refractivity contribution in [1.82, 2.24) is 20.2 Å². The first kappa shape index (κ1) is 24.7. The fourth-order valence-corrected chi connectivity index (χ4v) is 4.24. The molecule has 2 aromatic rings. The Labute approximate surface area is 197 Å². The minimum Gasteiger partial charge on any atom is -0.385 e. The molecule has 166 valence electrons. The van der Waals surface area contributed by atoms with Crippen LogP contribution in [0.1, 0.15) is 49.1 Å². The van der Waals surface area contributed by atoms with Gasteiger partial charge in [-0.15, -0.1) is 24.0 Å². The highest BCUT2D eigenvalue weighted by Gasteiger charge is 2.33. The summed E-state index contributed by atoms with van der Waals surface area (Å²) < 4.78 is 7.50. The van der Waals surface area contributed by atoms with E-state index in [2.05, 4.69) is 49.4 Å². The number of ether oxygens (including phenoxy) is 1. The number of hydrogen-bond acceptors (Lipinski definition) is 3. The highest BCUT2D eigenvalue weighted by atomic mass is 127. The SMILES string of the molecule is CN=C(NCc1cccc(Cn2ccnc2C)c1)NCC1(CCOC)CCCC1.I. The lowest BCUT2D eigenvalue weighted by molar-refractivity contribution is 0.138. The fourth-order valence-electron chi connectivity index (χ4n) is 4.24. The molecule has 1 aliphatic carbocycles. The molecule has 0 atom stereocenters. The summed E-state index contributed by atoms with van der Waals surface area (Å²) in [6.07, 6.45) is 10.2. The molecule has 0 aliphatic heterocycles. The monoisotopic (exact) mass is 525 g/mol. The van der Waals surface area contributed by atoms with Crippen molar-refractivity contribution >= 4 is 29.9 Å². The summed E-state index contributed by atoms with van der Waals surface area (Å²) in [6, 6.07) is 8.68. The van der Waals surface area contributed by atoms with E-state index in [9.17, 15) is 0 Å². The average Bonchev–Trinajstić information content (AvgIpc) is 3.37. The third-order valence-electron chi connectivity index (χ3n) is 6.08. The van der Waals surface area contributed by atoms with Crippen molar-refractivity contribution in [2.45, 2.75) is 52.1 Å². The minimum absolute atomic E-state index is 0. The topological polar surface area (TPSA) is 63.5 Å². The Morgan fingerprint density at radius 2 is 2.00 bits per heavy atom. The molecule has 1 aromatic carbocycles. The van der Waals surface area contributed by atoms with Crippen LogP contribution in [0.4, 0.5) is 0 Å². The first-order valence-electron chi connectivity index (χ1n) is 10.6. The smallest absolute Gasteiger partial charge is 0.191 e. The van der Waals surface area contributed by atoms with Gasteiger partial charge in [0, 0.05) is 52.8 Å². The molecule has 7 heteroatoms. The number of rotatable bonds is 9. The van der Waals surface area contributed by atoms with Crippen molar-refractivity contribution in [3.05, 3.63) is 53.6 Å². The van der Waals surface area contributed by atoms with Crippen molar-refractivity contribution < 1.29 is 4.74 Å². The second kappa shape index (κ2) is 12.3. The van der Waals surface area contributed by atoms with Gasteiger partial charge in [-0.2, -0.15) is 0 Å². The molecule has 1 aliphatic rings. The second-order valence-corrected chi connectivity index (χ2v) is 8.15. The lowest BCUT2D eigenvalue weighted by Gasteiger charge is -2.30. The lowest BCUT2D eigenvalue weighted by atomic mass is 9.83. The number of aromatic nitrogens is 2. The zero-order valence-electron chi connectivity index (χ0n) is 18.5. The molecule has 0 spiro atoms. The van der Waals surface area contributed by atoms with Crippen LogP contribution in [0, 0.1) is 12.3 Å². The number of hydrogen-bond donors (Lipinski definition) is 2. The normalized spacial score (nSPS) is 15.6. The van der Waals surface area contributed by atoms with E-state index < -0.39 is 0 Å². The van der Waals surface area contributed by atoms with Gasteiger partial charge in [0.15, 0.2) is 5.96 Å². The number of imidazole rings is 1. The third kappa shape index (κ3) is 6.97. The molecule has 0 saturated heterocycles. The van der Waals surface area contributed by atoms with Crippen LogP contribution < -0.4 is 10.6 Å². The van der Waals surface area contributed by atoms with Gasteiger partial charge in [0.25, 0.3) is 0 Å². The number of benzene rings is 1. The summed E-state index contributed by atoms with van der Waals surface area (Å²) in [5.41, 5.74) is 2.87. The van der Waals surface area contributed by atoms with Crippen LogP contribution in [0.15, 0.2) is 41.7 Å². The van der Waals surface area contributed by atoms with E-state index in [0.717, 1.165) is 44.4 Å². The van der Waals surface area contributed by atoms with Crippen LogP contribution in [0.2, 0.25) is 0 Å². The van der Waals surface area contributed by atoms with E-state index in [0.29, 0.717) is 5.41 Å². The molecular weight excluding hydrogens is 489 g/mol. The Bertz CT molecular complexity index is 798. The number of methoxy groups -OCH3 is 1. The minimum atomic E-state index is 0. The molecular formula is C23H36IN5O. The predicted octanol–water partition coefficient (Wildman–Crippen LogP) is 4.12. The molecule has 0 amide bonds. The third-order valence-corrected chi connectivity index (χ3v) is 6.08. The first-order valence-corrected chi connectivity index (χ1v) is 10.6. The number of aryl methyl sites for hydroxylation is 1. The number of guanidine groups is 1. The van der Waals surface area contributed by atoms with Crippen LogP contribution in [0.25, 0.3) is 0 Å². The average molecular weight is 525 g/mol. The highest BCUT2D eigenvalue weighted by Crippen LogP contribution is 2.40. The maximum atomic E-state index is 5.34. The number of aliphatic imine (C=N–C) groups is 1. The highest BCUT2D eigenvalue weighted by molar-refractivity contribution is 14.0.